The van der Waals surface area contributed by atoms with Gasteiger partial charge in [0.1, 0.15) is 5.15 Å². The molecule has 1 amide bonds. The standard InChI is InChI=1S/C13H11BrClN3O/c14-11-6-10(7-17-13(11)15)18-12(19)8-16-9-4-2-1-3-5-9/h1-7,16H,8H2,(H,18,19). The molecule has 19 heavy (non-hydrogen) atoms. The van der Waals surface area contributed by atoms with Crippen molar-refractivity contribution >= 4 is 44.8 Å². The molecular weight excluding hydrogens is 330 g/mol. The molecule has 1 aromatic heterocycles. The molecule has 1 heterocycles. The number of anilines is 2. The Morgan fingerprint density at radius 2 is 2.00 bits per heavy atom. The van der Waals surface area contributed by atoms with E-state index in [0.29, 0.717) is 15.3 Å². The summed E-state index contributed by atoms with van der Waals surface area (Å²) >= 11 is 9.03. The molecule has 0 aliphatic carbocycles. The zero-order valence-electron chi connectivity index (χ0n) is 9.86. The first kappa shape index (κ1) is 13.8. The number of carbonyl (C=O) groups is 1. The van der Waals surface area contributed by atoms with Crippen LogP contribution in [0, 0.1) is 0 Å². The maximum atomic E-state index is 11.7. The van der Waals surface area contributed by atoms with Crippen molar-refractivity contribution in [1.29, 1.82) is 0 Å². The van der Waals surface area contributed by atoms with E-state index in [0.717, 1.165) is 5.69 Å². The Balaban J connectivity index is 1.89. The van der Waals surface area contributed by atoms with Crippen LogP contribution in [-0.4, -0.2) is 17.4 Å². The maximum absolute atomic E-state index is 11.7. The Hall–Kier alpha value is -1.59. The van der Waals surface area contributed by atoms with Gasteiger partial charge in [0.2, 0.25) is 5.91 Å². The third kappa shape index (κ3) is 4.22. The van der Waals surface area contributed by atoms with Crippen LogP contribution >= 0.6 is 27.5 Å². The summed E-state index contributed by atoms with van der Waals surface area (Å²) in [7, 11) is 0. The molecule has 0 aliphatic rings. The van der Waals surface area contributed by atoms with E-state index in [1.54, 1.807) is 6.07 Å². The molecule has 0 fully saturated rings. The number of hydrogen-bond acceptors (Lipinski definition) is 3. The SMILES string of the molecule is O=C(CNc1ccccc1)Nc1cnc(Cl)c(Br)c1. The smallest absolute Gasteiger partial charge is 0.243 e. The second-order valence-corrected chi connectivity index (χ2v) is 4.98. The molecular formula is C13H11BrClN3O. The minimum Gasteiger partial charge on any atom is -0.376 e. The summed E-state index contributed by atoms with van der Waals surface area (Å²) in [5.41, 5.74) is 1.49. The highest BCUT2D eigenvalue weighted by Crippen LogP contribution is 2.22. The molecule has 0 saturated heterocycles. The van der Waals surface area contributed by atoms with E-state index < -0.39 is 0 Å². The molecule has 4 nitrogen and oxygen atoms in total. The van der Waals surface area contributed by atoms with Crippen molar-refractivity contribution in [1.82, 2.24) is 4.98 Å². The molecule has 0 aliphatic heterocycles. The van der Waals surface area contributed by atoms with Gasteiger partial charge in [0.25, 0.3) is 0 Å². The van der Waals surface area contributed by atoms with Gasteiger partial charge in [-0.25, -0.2) is 4.98 Å². The lowest BCUT2D eigenvalue weighted by Crippen LogP contribution is -2.21. The fraction of sp³-hybridized carbons (Fsp3) is 0.0769. The van der Waals surface area contributed by atoms with Crippen molar-refractivity contribution in [3.05, 3.63) is 52.2 Å². The summed E-state index contributed by atoms with van der Waals surface area (Å²) in [5.74, 6) is -0.153. The van der Waals surface area contributed by atoms with Crippen molar-refractivity contribution in [3.63, 3.8) is 0 Å². The highest BCUT2D eigenvalue weighted by molar-refractivity contribution is 9.10. The largest absolute Gasteiger partial charge is 0.376 e. The number of para-hydroxylation sites is 1. The molecule has 0 atom stereocenters. The van der Waals surface area contributed by atoms with Gasteiger partial charge in [-0.1, -0.05) is 29.8 Å². The van der Waals surface area contributed by atoms with Crippen molar-refractivity contribution in [3.8, 4) is 0 Å². The first-order valence-electron chi connectivity index (χ1n) is 5.55. The van der Waals surface area contributed by atoms with Gasteiger partial charge in [-0.05, 0) is 34.1 Å². The fourth-order valence-electron chi connectivity index (χ4n) is 1.43. The van der Waals surface area contributed by atoms with Crippen molar-refractivity contribution in [2.45, 2.75) is 0 Å². The van der Waals surface area contributed by atoms with Crippen LogP contribution in [0.1, 0.15) is 0 Å². The number of halogens is 2. The quantitative estimate of drug-likeness (QED) is 0.837. The van der Waals surface area contributed by atoms with E-state index in [1.807, 2.05) is 30.3 Å². The number of rotatable bonds is 4. The minimum atomic E-state index is -0.153. The van der Waals surface area contributed by atoms with E-state index in [4.69, 9.17) is 11.6 Å². The Labute approximate surface area is 124 Å². The lowest BCUT2D eigenvalue weighted by Gasteiger charge is -2.08. The van der Waals surface area contributed by atoms with Crippen LogP contribution in [0.3, 0.4) is 0 Å². The predicted molar refractivity (Wildman–Crippen MR) is 80.5 cm³/mol. The Kier molecular flexibility index (Phi) is 4.76. The van der Waals surface area contributed by atoms with E-state index >= 15 is 0 Å². The predicted octanol–water partition coefficient (Wildman–Crippen LogP) is 3.55. The van der Waals surface area contributed by atoms with Gasteiger partial charge in [-0.3, -0.25) is 4.79 Å². The number of carbonyl (C=O) groups excluding carboxylic acids is 1. The van der Waals surface area contributed by atoms with Crippen molar-refractivity contribution in [2.75, 3.05) is 17.2 Å². The number of benzene rings is 1. The van der Waals surface area contributed by atoms with Crippen LogP contribution in [-0.2, 0) is 4.79 Å². The van der Waals surface area contributed by atoms with Crippen LogP contribution in [0.2, 0.25) is 5.15 Å². The molecule has 6 heteroatoms. The van der Waals surface area contributed by atoms with Gasteiger partial charge in [-0.2, -0.15) is 0 Å². The van der Waals surface area contributed by atoms with Crippen molar-refractivity contribution < 1.29 is 4.79 Å². The van der Waals surface area contributed by atoms with Crippen LogP contribution in [0.4, 0.5) is 11.4 Å². The molecule has 2 N–H and O–H groups in total. The monoisotopic (exact) mass is 339 g/mol. The number of pyridine rings is 1. The van der Waals surface area contributed by atoms with E-state index in [9.17, 15) is 4.79 Å². The highest BCUT2D eigenvalue weighted by Gasteiger charge is 2.05. The van der Waals surface area contributed by atoms with Gasteiger partial charge in [-0.15, -0.1) is 0 Å². The van der Waals surface area contributed by atoms with E-state index in [2.05, 4.69) is 31.5 Å². The topological polar surface area (TPSA) is 54.0 Å². The summed E-state index contributed by atoms with van der Waals surface area (Å²) in [6.07, 6.45) is 1.51. The zero-order chi connectivity index (χ0) is 13.7. The van der Waals surface area contributed by atoms with Gasteiger partial charge in [0.05, 0.1) is 22.9 Å². The van der Waals surface area contributed by atoms with Crippen LogP contribution in [0.5, 0.6) is 0 Å². The second kappa shape index (κ2) is 6.54. The number of nitrogens with one attached hydrogen (secondary N) is 2. The maximum Gasteiger partial charge on any atom is 0.243 e. The highest BCUT2D eigenvalue weighted by atomic mass is 79.9. The summed E-state index contributed by atoms with van der Waals surface area (Å²) in [6.45, 7) is 0.185. The fourth-order valence-corrected chi connectivity index (χ4v) is 1.89. The minimum absolute atomic E-state index is 0.153. The first-order chi connectivity index (χ1) is 9.15. The Morgan fingerprint density at radius 3 is 2.68 bits per heavy atom. The third-order valence-electron chi connectivity index (χ3n) is 2.31. The van der Waals surface area contributed by atoms with Gasteiger partial charge in [0, 0.05) is 5.69 Å². The molecule has 98 valence electrons. The van der Waals surface area contributed by atoms with Crippen LogP contribution in [0.25, 0.3) is 0 Å². The normalized spacial score (nSPS) is 10.0. The number of amides is 1. The third-order valence-corrected chi connectivity index (χ3v) is 3.44. The van der Waals surface area contributed by atoms with E-state index in [1.165, 1.54) is 6.20 Å². The van der Waals surface area contributed by atoms with Gasteiger partial charge >= 0.3 is 0 Å². The average Bonchev–Trinajstić information content (AvgIpc) is 2.42. The van der Waals surface area contributed by atoms with Gasteiger partial charge in [0.15, 0.2) is 0 Å². The Bertz CT molecular complexity index is 577. The molecule has 0 bridgehead atoms. The average molecular weight is 341 g/mol. The van der Waals surface area contributed by atoms with Crippen LogP contribution in [0.15, 0.2) is 47.1 Å². The van der Waals surface area contributed by atoms with Crippen LogP contribution < -0.4 is 10.6 Å². The molecule has 0 unspecified atom stereocenters. The van der Waals surface area contributed by atoms with Crippen molar-refractivity contribution in [2.24, 2.45) is 0 Å². The summed E-state index contributed by atoms with van der Waals surface area (Å²) in [5, 5.41) is 6.11. The molecule has 2 aromatic rings. The lowest BCUT2D eigenvalue weighted by molar-refractivity contribution is -0.114. The number of aromatic nitrogens is 1. The molecule has 0 radical (unpaired) electrons. The summed E-state index contributed by atoms with van der Waals surface area (Å²) < 4.78 is 0.642. The molecule has 1 aromatic carbocycles. The molecule has 0 spiro atoms. The Morgan fingerprint density at radius 1 is 1.26 bits per heavy atom. The van der Waals surface area contributed by atoms with Gasteiger partial charge < -0.3 is 10.6 Å². The summed E-state index contributed by atoms with van der Waals surface area (Å²) in [6, 6.07) is 11.2. The molecule has 0 saturated carbocycles. The number of nitrogens with zero attached hydrogens (tertiary/aromatic N) is 1. The number of hydrogen-bond donors (Lipinski definition) is 2. The molecule has 2 rings (SSSR count). The van der Waals surface area contributed by atoms with E-state index in [-0.39, 0.29) is 12.5 Å². The summed E-state index contributed by atoms with van der Waals surface area (Å²) in [4.78, 5) is 15.7. The second-order valence-electron chi connectivity index (χ2n) is 3.76. The first-order valence-corrected chi connectivity index (χ1v) is 6.72. The zero-order valence-corrected chi connectivity index (χ0v) is 12.2. The lowest BCUT2D eigenvalue weighted by atomic mass is 10.3.